The van der Waals surface area contributed by atoms with Gasteiger partial charge < -0.3 is 5.32 Å². The van der Waals surface area contributed by atoms with Crippen LogP contribution >= 0.6 is 0 Å². The third-order valence-electron chi connectivity index (χ3n) is 2.72. The molecule has 1 N–H and O–H groups in total. The van der Waals surface area contributed by atoms with Gasteiger partial charge in [-0.25, -0.2) is 0 Å². The van der Waals surface area contributed by atoms with Crippen LogP contribution in [-0.2, 0) is 4.79 Å². The molecule has 0 aromatic rings. The normalized spacial score (nSPS) is 25.1. The van der Waals surface area contributed by atoms with Crippen LogP contribution in [0.1, 0.15) is 39.0 Å². The van der Waals surface area contributed by atoms with Gasteiger partial charge in [0.1, 0.15) is 0 Å². The Hall–Kier alpha value is -0.530. The summed E-state index contributed by atoms with van der Waals surface area (Å²) in [6, 6.07) is 0.408. The molecule has 2 heteroatoms. The Morgan fingerprint density at radius 2 is 2.08 bits per heavy atom. The summed E-state index contributed by atoms with van der Waals surface area (Å²) in [6.45, 7) is 2.12. The Morgan fingerprint density at radius 3 is 2.58 bits per heavy atom. The minimum Gasteiger partial charge on any atom is -0.353 e. The van der Waals surface area contributed by atoms with E-state index in [1.165, 1.54) is 19.3 Å². The Kier molecular flexibility index (Phi) is 2.07. The molecule has 68 valence electrons. The van der Waals surface area contributed by atoms with Gasteiger partial charge in [-0.15, -0.1) is 0 Å². The summed E-state index contributed by atoms with van der Waals surface area (Å²) in [4.78, 5) is 11.3. The standard InChI is InChI=1S/C10H17NO/c1-7(6-8-2-3-8)11-10(12)9-4-5-9/h7-9H,2-6H2,1H3,(H,11,12). The summed E-state index contributed by atoms with van der Waals surface area (Å²) >= 11 is 0. The van der Waals surface area contributed by atoms with Gasteiger partial charge >= 0.3 is 0 Å². The quantitative estimate of drug-likeness (QED) is 0.678. The topological polar surface area (TPSA) is 29.1 Å². The summed E-state index contributed by atoms with van der Waals surface area (Å²) in [5.41, 5.74) is 0. The molecule has 0 radical (unpaired) electrons. The van der Waals surface area contributed by atoms with E-state index in [4.69, 9.17) is 0 Å². The smallest absolute Gasteiger partial charge is 0.223 e. The predicted octanol–water partition coefficient (Wildman–Crippen LogP) is 1.70. The first-order valence-electron chi connectivity index (χ1n) is 5.06. The van der Waals surface area contributed by atoms with Gasteiger partial charge in [-0.1, -0.05) is 12.8 Å². The number of rotatable bonds is 4. The number of amides is 1. The van der Waals surface area contributed by atoms with Crippen LogP contribution in [0.5, 0.6) is 0 Å². The minimum atomic E-state index is 0.295. The van der Waals surface area contributed by atoms with Crippen LogP contribution in [0.4, 0.5) is 0 Å². The van der Waals surface area contributed by atoms with Gasteiger partial charge in [0.2, 0.25) is 5.91 Å². The molecule has 12 heavy (non-hydrogen) atoms. The fourth-order valence-electron chi connectivity index (χ4n) is 1.62. The van der Waals surface area contributed by atoms with Crippen molar-refractivity contribution < 1.29 is 4.79 Å². The van der Waals surface area contributed by atoms with Crippen LogP contribution in [0, 0.1) is 11.8 Å². The largest absolute Gasteiger partial charge is 0.353 e. The zero-order valence-electron chi connectivity index (χ0n) is 7.68. The van der Waals surface area contributed by atoms with Gasteiger partial charge in [0.15, 0.2) is 0 Å². The maximum absolute atomic E-state index is 11.3. The second kappa shape index (κ2) is 3.08. The van der Waals surface area contributed by atoms with Gasteiger partial charge in [0, 0.05) is 12.0 Å². The Balaban J connectivity index is 1.65. The fourth-order valence-corrected chi connectivity index (χ4v) is 1.62. The highest BCUT2D eigenvalue weighted by Crippen LogP contribution is 2.34. The summed E-state index contributed by atoms with van der Waals surface area (Å²) < 4.78 is 0. The predicted molar refractivity (Wildman–Crippen MR) is 47.7 cm³/mol. The zero-order valence-corrected chi connectivity index (χ0v) is 7.68. The molecule has 0 bridgehead atoms. The van der Waals surface area contributed by atoms with E-state index >= 15 is 0 Å². The molecule has 1 atom stereocenters. The molecule has 1 amide bonds. The maximum Gasteiger partial charge on any atom is 0.223 e. The van der Waals surface area contributed by atoms with Crippen molar-refractivity contribution in [1.82, 2.24) is 5.32 Å². The van der Waals surface area contributed by atoms with Crippen LogP contribution in [0.2, 0.25) is 0 Å². The number of carbonyl (C=O) groups excluding carboxylic acids is 1. The molecule has 0 heterocycles. The van der Waals surface area contributed by atoms with Crippen molar-refractivity contribution in [2.45, 2.75) is 45.1 Å². The molecular formula is C10H17NO. The lowest BCUT2D eigenvalue weighted by atomic mass is 10.1. The summed E-state index contributed by atoms with van der Waals surface area (Å²) in [7, 11) is 0. The van der Waals surface area contributed by atoms with Crippen molar-refractivity contribution in [1.29, 1.82) is 0 Å². The molecule has 0 aromatic carbocycles. The van der Waals surface area contributed by atoms with Gasteiger partial charge in [0.05, 0.1) is 0 Å². The van der Waals surface area contributed by atoms with Crippen molar-refractivity contribution >= 4 is 5.91 Å². The third kappa shape index (κ3) is 2.23. The highest BCUT2D eigenvalue weighted by Gasteiger charge is 2.31. The van der Waals surface area contributed by atoms with E-state index in [9.17, 15) is 4.79 Å². The molecule has 2 fully saturated rings. The SMILES string of the molecule is CC(CC1CC1)NC(=O)C1CC1. The van der Waals surface area contributed by atoms with Crippen LogP contribution in [0.25, 0.3) is 0 Å². The van der Waals surface area contributed by atoms with Gasteiger partial charge in [-0.2, -0.15) is 0 Å². The van der Waals surface area contributed by atoms with Gasteiger partial charge in [-0.3, -0.25) is 4.79 Å². The highest BCUT2D eigenvalue weighted by atomic mass is 16.2. The number of hydrogen-bond donors (Lipinski definition) is 1. The first-order valence-corrected chi connectivity index (χ1v) is 5.06. The average molecular weight is 167 g/mol. The van der Waals surface area contributed by atoms with Gasteiger partial charge in [0.25, 0.3) is 0 Å². The van der Waals surface area contributed by atoms with Crippen LogP contribution in [-0.4, -0.2) is 11.9 Å². The van der Waals surface area contributed by atoms with Crippen LogP contribution in [0.3, 0.4) is 0 Å². The number of carbonyl (C=O) groups is 1. The molecule has 0 aliphatic heterocycles. The van der Waals surface area contributed by atoms with Crippen LogP contribution < -0.4 is 5.32 Å². The molecule has 0 saturated heterocycles. The van der Waals surface area contributed by atoms with E-state index < -0.39 is 0 Å². The van der Waals surface area contributed by atoms with Crippen molar-refractivity contribution in [3.8, 4) is 0 Å². The van der Waals surface area contributed by atoms with E-state index in [-0.39, 0.29) is 0 Å². The molecule has 2 aliphatic rings. The fraction of sp³-hybridized carbons (Fsp3) is 0.900. The Morgan fingerprint density at radius 1 is 1.42 bits per heavy atom. The zero-order chi connectivity index (χ0) is 8.55. The number of nitrogens with one attached hydrogen (secondary N) is 1. The molecule has 0 spiro atoms. The molecule has 2 rings (SSSR count). The van der Waals surface area contributed by atoms with Gasteiger partial charge in [-0.05, 0) is 32.1 Å². The lowest BCUT2D eigenvalue weighted by molar-refractivity contribution is -0.122. The van der Waals surface area contributed by atoms with Crippen molar-refractivity contribution in [2.75, 3.05) is 0 Å². The van der Waals surface area contributed by atoms with E-state index in [0.29, 0.717) is 17.9 Å². The first kappa shape index (κ1) is 8.09. The van der Waals surface area contributed by atoms with E-state index in [2.05, 4.69) is 12.2 Å². The molecule has 2 aliphatic carbocycles. The molecule has 2 nitrogen and oxygen atoms in total. The second-order valence-electron chi connectivity index (χ2n) is 4.36. The molecule has 1 unspecified atom stereocenters. The molecule has 0 aromatic heterocycles. The lowest BCUT2D eigenvalue weighted by Gasteiger charge is -2.12. The Labute approximate surface area is 73.7 Å². The Bertz CT molecular complexity index is 182. The van der Waals surface area contributed by atoms with Crippen molar-refractivity contribution in [3.05, 3.63) is 0 Å². The highest BCUT2D eigenvalue weighted by molar-refractivity contribution is 5.81. The molecular weight excluding hydrogens is 150 g/mol. The summed E-state index contributed by atoms with van der Waals surface area (Å²) in [5.74, 6) is 1.58. The number of hydrogen-bond acceptors (Lipinski definition) is 1. The van der Waals surface area contributed by atoms with E-state index in [0.717, 1.165) is 18.8 Å². The molecule has 2 saturated carbocycles. The monoisotopic (exact) mass is 167 g/mol. The van der Waals surface area contributed by atoms with E-state index in [1.807, 2.05) is 0 Å². The van der Waals surface area contributed by atoms with Crippen molar-refractivity contribution in [2.24, 2.45) is 11.8 Å². The van der Waals surface area contributed by atoms with Crippen molar-refractivity contribution in [3.63, 3.8) is 0 Å². The first-order chi connectivity index (χ1) is 5.75. The van der Waals surface area contributed by atoms with E-state index in [1.54, 1.807) is 0 Å². The average Bonchev–Trinajstić information content (AvgIpc) is 2.83. The van der Waals surface area contributed by atoms with Crippen LogP contribution in [0.15, 0.2) is 0 Å². The maximum atomic E-state index is 11.3. The summed E-state index contributed by atoms with van der Waals surface area (Å²) in [5, 5.41) is 3.07. The second-order valence-corrected chi connectivity index (χ2v) is 4.36. The third-order valence-corrected chi connectivity index (χ3v) is 2.72. The minimum absolute atomic E-state index is 0.295. The summed E-state index contributed by atoms with van der Waals surface area (Å²) in [6.07, 6.45) is 6.18. The lowest BCUT2D eigenvalue weighted by Crippen LogP contribution is -2.33.